The monoisotopic (exact) mass is 272 g/mol. The van der Waals surface area contributed by atoms with E-state index in [0.29, 0.717) is 12.8 Å². The van der Waals surface area contributed by atoms with Crippen molar-refractivity contribution in [3.8, 4) is 0 Å². The lowest BCUT2D eigenvalue weighted by atomic mass is 9.93. The number of aryl methyl sites for hydroxylation is 3. The van der Waals surface area contributed by atoms with E-state index in [0.717, 1.165) is 5.56 Å². The highest BCUT2D eigenvalue weighted by Gasteiger charge is 2.11. The number of benzene rings is 2. The summed E-state index contributed by atoms with van der Waals surface area (Å²) in [6, 6.07) is 10.6. The molecule has 0 aliphatic heterocycles. The van der Waals surface area contributed by atoms with Gasteiger partial charge in [-0.3, -0.25) is 0 Å². The van der Waals surface area contributed by atoms with E-state index in [1.165, 1.54) is 34.4 Å². The average molecular weight is 272 g/mol. The van der Waals surface area contributed by atoms with Gasteiger partial charge >= 0.3 is 0 Å². The van der Waals surface area contributed by atoms with Gasteiger partial charge in [-0.2, -0.15) is 0 Å². The third kappa shape index (κ3) is 3.67. The molecular formula is C18H21FO. The van der Waals surface area contributed by atoms with E-state index in [1.54, 1.807) is 12.1 Å². The first-order valence-electron chi connectivity index (χ1n) is 6.95. The minimum Gasteiger partial charge on any atom is -0.392 e. The minimum absolute atomic E-state index is 0.242. The molecule has 2 heteroatoms. The first-order chi connectivity index (χ1) is 9.45. The molecule has 1 atom stereocenters. The zero-order valence-corrected chi connectivity index (χ0v) is 12.3. The maximum Gasteiger partial charge on any atom is 0.123 e. The van der Waals surface area contributed by atoms with Crippen LogP contribution in [0.15, 0.2) is 36.4 Å². The fourth-order valence-electron chi connectivity index (χ4n) is 2.73. The molecule has 106 valence electrons. The molecule has 0 aliphatic rings. The Morgan fingerprint density at radius 1 is 0.950 bits per heavy atom. The van der Waals surface area contributed by atoms with Gasteiger partial charge in [-0.05, 0) is 68.0 Å². The lowest BCUT2D eigenvalue weighted by Crippen LogP contribution is -2.15. The highest BCUT2D eigenvalue weighted by molar-refractivity contribution is 5.38. The Bertz CT molecular complexity index is 564. The van der Waals surface area contributed by atoms with Crippen molar-refractivity contribution in [3.63, 3.8) is 0 Å². The van der Waals surface area contributed by atoms with Crippen molar-refractivity contribution in [2.24, 2.45) is 0 Å². The number of aliphatic hydroxyl groups is 1. The van der Waals surface area contributed by atoms with E-state index in [2.05, 4.69) is 32.9 Å². The van der Waals surface area contributed by atoms with Crippen molar-refractivity contribution < 1.29 is 9.50 Å². The second-order valence-corrected chi connectivity index (χ2v) is 5.57. The second kappa shape index (κ2) is 6.19. The Morgan fingerprint density at radius 3 is 2.05 bits per heavy atom. The van der Waals surface area contributed by atoms with Gasteiger partial charge in [0.05, 0.1) is 6.10 Å². The van der Waals surface area contributed by atoms with Gasteiger partial charge in [0.25, 0.3) is 0 Å². The molecular weight excluding hydrogens is 251 g/mol. The third-order valence-corrected chi connectivity index (χ3v) is 3.66. The summed E-state index contributed by atoms with van der Waals surface area (Å²) in [7, 11) is 0. The van der Waals surface area contributed by atoms with E-state index in [1.807, 2.05) is 0 Å². The van der Waals surface area contributed by atoms with Crippen molar-refractivity contribution >= 4 is 0 Å². The van der Waals surface area contributed by atoms with Crippen molar-refractivity contribution in [2.45, 2.75) is 39.7 Å². The van der Waals surface area contributed by atoms with Crippen molar-refractivity contribution in [1.82, 2.24) is 0 Å². The Hall–Kier alpha value is -1.67. The average Bonchev–Trinajstić information content (AvgIpc) is 2.36. The van der Waals surface area contributed by atoms with Crippen LogP contribution in [0.3, 0.4) is 0 Å². The summed E-state index contributed by atoms with van der Waals surface area (Å²) < 4.78 is 12.9. The standard InChI is InChI=1S/C18H21FO/c1-12-8-13(2)18(14(3)9-12)11-17(20)10-15-4-6-16(19)7-5-15/h4-9,17,20H,10-11H2,1-3H3. The molecule has 0 bridgehead atoms. The Kier molecular flexibility index (Phi) is 4.56. The molecule has 0 amide bonds. The Balaban J connectivity index is 2.08. The topological polar surface area (TPSA) is 20.2 Å². The molecule has 2 rings (SSSR count). The largest absolute Gasteiger partial charge is 0.392 e. The van der Waals surface area contributed by atoms with Crippen LogP contribution in [0.5, 0.6) is 0 Å². The summed E-state index contributed by atoms with van der Waals surface area (Å²) in [5.74, 6) is -0.242. The molecule has 0 saturated heterocycles. The maximum atomic E-state index is 12.9. The molecule has 0 aliphatic carbocycles. The molecule has 1 unspecified atom stereocenters. The lowest BCUT2D eigenvalue weighted by molar-refractivity contribution is 0.175. The fraction of sp³-hybridized carbons (Fsp3) is 0.333. The van der Waals surface area contributed by atoms with Gasteiger partial charge in [-0.25, -0.2) is 4.39 Å². The van der Waals surface area contributed by atoms with Crippen molar-refractivity contribution in [1.29, 1.82) is 0 Å². The van der Waals surface area contributed by atoms with Gasteiger partial charge < -0.3 is 5.11 Å². The van der Waals surface area contributed by atoms with E-state index in [9.17, 15) is 9.50 Å². The number of hydrogen-bond donors (Lipinski definition) is 1. The highest BCUT2D eigenvalue weighted by atomic mass is 19.1. The molecule has 2 aromatic rings. The van der Waals surface area contributed by atoms with Gasteiger partial charge in [-0.1, -0.05) is 29.8 Å². The first-order valence-corrected chi connectivity index (χ1v) is 6.95. The maximum absolute atomic E-state index is 12.9. The smallest absolute Gasteiger partial charge is 0.123 e. The SMILES string of the molecule is Cc1cc(C)c(CC(O)Cc2ccc(F)cc2)c(C)c1. The quantitative estimate of drug-likeness (QED) is 0.895. The molecule has 0 fully saturated rings. The summed E-state index contributed by atoms with van der Waals surface area (Å²) in [5.41, 5.74) is 5.87. The van der Waals surface area contributed by atoms with E-state index in [-0.39, 0.29) is 5.82 Å². The molecule has 2 aromatic carbocycles. The summed E-state index contributed by atoms with van der Waals surface area (Å²) >= 11 is 0. The molecule has 20 heavy (non-hydrogen) atoms. The molecule has 0 heterocycles. The number of hydrogen-bond acceptors (Lipinski definition) is 1. The van der Waals surface area contributed by atoms with Gasteiger partial charge in [-0.15, -0.1) is 0 Å². The third-order valence-electron chi connectivity index (χ3n) is 3.66. The molecule has 0 radical (unpaired) electrons. The summed E-state index contributed by atoms with van der Waals surface area (Å²) in [5, 5.41) is 10.2. The van der Waals surface area contributed by atoms with Gasteiger partial charge in [0.15, 0.2) is 0 Å². The number of halogens is 1. The van der Waals surface area contributed by atoms with Crippen LogP contribution in [0, 0.1) is 26.6 Å². The summed E-state index contributed by atoms with van der Waals surface area (Å²) in [6.45, 7) is 6.25. The highest BCUT2D eigenvalue weighted by Crippen LogP contribution is 2.19. The lowest BCUT2D eigenvalue weighted by Gasteiger charge is -2.16. The van der Waals surface area contributed by atoms with Gasteiger partial charge in [0, 0.05) is 0 Å². The molecule has 0 aromatic heterocycles. The first kappa shape index (κ1) is 14.7. The van der Waals surface area contributed by atoms with Gasteiger partial charge in [0.1, 0.15) is 5.82 Å². The zero-order chi connectivity index (χ0) is 14.7. The number of aliphatic hydroxyl groups excluding tert-OH is 1. The normalized spacial score (nSPS) is 12.4. The van der Waals surface area contributed by atoms with Crippen LogP contribution in [-0.2, 0) is 12.8 Å². The predicted octanol–water partition coefficient (Wildman–Crippen LogP) is 3.90. The van der Waals surface area contributed by atoms with Gasteiger partial charge in [0.2, 0.25) is 0 Å². The van der Waals surface area contributed by atoms with E-state index >= 15 is 0 Å². The molecule has 0 spiro atoms. The second-order valence-electron chi connectivity index (χ2n) is 5.57. The molecule has 1 nitrogen and oxygen atoms in total. The van der Waals surface area contributed by atoms with Crippen LogP contribution in [0.4, 0.5) is 4.39 Å². The van der Waals surface area contributed by atoms with E-state index in [4.69, 9.17) is 0 Å². The Labute approximate surface area is 120 Å². The fourth-order valence-corrected chi connectivity index (χ4v) is 2.73. The van der Waals surface area contributed by atoms with E-state index < -0.39 is 6.10 Å². The zero-order valence-electron chi connectivity index (χ0n) is 12.3. The van der Waals surface area contributed by atoms with Crippen LogP contribution in [0.2, 0.25) is 0 Å². The van der Waals surface area contributed by atoms with Crippen LogP contribution in [0.1, 0.15) is 27.8 Å². The van der Waals surface area contributed by atoms with Crippen molar-refractivity contribution in [2.75, 3.05) is 0 Å². The van der Waals surface area contributed by atoms with Crippen LogP contribution in [-0.4, -0.2) is 11.2 Å². The van der Waals surface area contributed by atoms with Crippen molar-refractivity contribution in [3.05, 3.63) is 70.0 Å². The Morgan fingerprint density at radius 2 is 1.50 bits per heavy atom. The van der Waals surface area contributed by atoms with Crippen LogP contribution >= 0.6 is 0 Å². The number of rotatable bonds is 4. The molecule has 0 saturated carbocycles. The molecule has 1 N–H and O–H groups in total. The minimum atomic E-state index is -0.444. The summed E-state index contributed by atoms with van der Waals surface area (Å²) in [6.07, 6.45) is 0.739. The summed E-state index contributed by atoms with van der Waals surface area (Å²) in [4.78, 5) is 0. The van der Waals surface area contributed by atoms with Crippen LogP contribution in [0.25, 0.3) is 0 Å². The predicted molar refractivity (Wildman–Crippen MR) is 80.5 cm³/mol. The van der Waals surface area contributed by atoms with Crippen LogP contribution < -0.4 is 0 Å².